The molecule has 29 heavy (non-hydrogen) atoms. The van der Waals surface area contributed by atoms with Crippen LogP contribution in [0.15, 0.2) is 0 Å². The monoisotopic (exact) mass is 452 g/mol. The quantitative estimate of drug-likeness (QED) is 0.170. The number of nitrogens with two attached hydrogens (primary N) is 1. The summed E-state index contributed by atoms with van der Waals surface area (Å²) in [5.74, 6) is -3.58. The van der Waals surface area contributed by atoms with Crippen molar-refractivity contribution in [3.63, 3.8) is 0 Å². The molecule has 0 saturated heterocycles. The fourth-order valence-electron chi connectivity index (χ4n) is 2.07. The number of hydrogen-bond acceptors (Lipinski definition) is 8. The number of carboxylic acid groups (broad SMARTS) is 2. The Kier molecular flexibility index (Phi) is 13.9. The van der Waals surface area contributed by atoms with Gasteiger partial charge in [0.15, 0.2) is 0 Å². The Bertz CT molecular complexity index is 592. The first-order chi connectivity index (χ1) is 13.6. The highest BCUT2D eigenvalue weighted by atomic mass is 32.2. The van der Waals surface area contributed by atoms with E-state index in [-0.39, 0.29) is 0 Å². The minimum absolute atomic E-state index is 0.312. The fraction of sp³-hybridized carbons (Fsp3) is 0.688. The third kappa shape index (κ3) is 12.2. The summed E-state index contributed by atoms with van der Waals surface area (Å²) in [4.78, 5) is 57.9. The molecule has 11 nitrogen and oxygen atoms in total. The molecule has 3 unspecified atom stereocenters. The zero-order valence-corrected chi connectivity index (χ0v) is 17.9. The van der Waals surface area contributed by atoms with Crippen LogP contribution in [0.4, 0.5) is 0 Å². The van der Waals surface area contributed by atoms with E-state index in [1.54, 1.807) is 11.8 Å². The van der Waals surface area contributed by atoms with Crippen molar-refractivity contribution in [2.24, 2.45) is 5.73 Å². The molecule has 0 aliphatic carbocycles. The van der Waals surface area contributed by atoms with Gasteiger partial charge in [-0.05, 0) is 36.9 Å². The van der Waals surface area contributed by atoms with Crippen LogP contribution in [0.25, 0.3) is 0 Å². The van der Waals surface area contributed by atoms with Crippen LogP contribution in [0, 0.1) is 0 Å². The molecule has 0 fully saturated rings. The van der Waals surface area contributed by atoms with Gasteiger partial charge in [0.05, 0.1) is 19.0 Å². The summed E-state index contributed by atoms with van der Waals surface area (Å²) >= 11 is 3.01. The molecular weight excluding hydrogens is 424 g/mol. The van der Waals surface area contributed by atoms with Crippen LogP contribution in [0.2, 0.25) is 0 Å². The van der Waals surface area contributed by atoms with Crippen LogP contribution in [0.1, 0.15) is 19.3 Å². The Hall–Kier alpha value is -1.99. The van der Waals surface area contributed by atoms with E-state index in [0.29, 0.717) is 24.3 Å². The average Bonchev–Trinajstić information content (AvgIpc) is 2.66. The van der Waals surface area contributed by atoms with Gasteiger partial charge in [0.1, 0.15) is 12.1 Å². The largest absolute Gasteiger partial charge is 0.481 e. The van der Waals surface area contributed by atoms with Gasteiger partial charge in [0, 0.05) is 0 Å². The predicted molar refractivity (Wildman–Crippen MR) is 111 cm³/mol. The molecule has 0 rings (SSSR count). The number of carbonyl (C=O) groups is 5. The first-order valence-corrected chi connectivity index (χ1v) is 11.5. The standard InChI is InChI=1S/C16H28N4O7S2/c1-28-5-3-9(17)14(24)20-10(4-6-29-2)15(25)18-8-12(21)19-11(16(26)27)7-13(22)23/h9-11H,3-8,17H2,1-2H3,(H,18,25)(H,19,21)(H,20,24)(H,22,23)(H,26,27). The number of rotatable bonds is 15. The SMILES string of the molecule is CSCCC(N)C(=O)NC(CCSC)C(=O)NCC(=O)NC(CC(=O)O)C(=O)O. The number of carboxylic acids is 2. The summed E-state index contributed by atoms with van der Waals surface area (Å²) in [6.45, 7) is -0.563. The summed E-state index contributed by atoms with van der Waals surface area (Å²) in [5.41, 5.74) is 5.80. The Morgan fingerprint density at radius 1 is 0.897 bits per heavy atom. The maximum atomic E-state index is 12.4. The second kappa shape index (κ2) is 14.9. The highest BCUT2D eigenvalue weighted by molar-refractivity contribution is 7.98. The smallest absolute Gasteiger partial charge is 0.326 e. The maximum absolute atomic E-state index is 12.4. The summed E-state index contributed by atoms with van der Waals surface area (Å²) in [5, 5.41) is 24.5. The molecular formula is C16H28N4O7S2. The number of hydrogen-bond donors (Lipinski definition) is 6. The van der Waals surface area contributed by atoms with Crippen LogP contribution in [0.3, 0.4) is 0 Å². The van der Waals surface area contributed by atoms with Crippen molar-refractivity contribution in [1.82, 2.24) is 16.0 Å². The van der Waals surface area contributed by atoms with Gasteiger partial charge in [-0.3, -0.25) is 19.2 Å². The van der Waals surface area contributed by atoms with Crippen LogP contribution in [-0.2, 0) is 24.0 Å². The van der Waals surface area contributed by atoms with Crippen LogP contribution in [-0.4, -0.2) is 88.6 Å². The van der Waals surface area contributed by atoms with E-state index in [1.807, 2.05) is 17.8 Å². The Morgan fingerprint density at radius 3 is 2.00 bits per heavy atom. The number of thioether (sulfide) groups is 2. The van der Waals surface area contributed by atoms with E-state index in [9.17, 15) is 24.0 Å². The molecule has 0 aromatic heterocycles. The molecule has 13 heteroatoms. The molecule has 7 N–H and O–H groups in total. The van der Waals surface area contributed by atoms with Crippen molar-refractivity contribution in [2.45, 2.75) is 37.4 Å². The first kappa shape index (κ1) is 27.0. The number of amides is 3. The molecule has 0 aromatic rings. The van der Waals surface area contributed by atoms with Crippen molar-refractivity contribution >= 4 is 53.2 Å². The third-order valence-electron chi connectivity index (χ3n) is 3.65. The highest BCUT2D eigenvalue weighted by Crippen LogP contribution is 2.04. The highest BCUT2D eigenvalue weighted by Gasteiger charge is 2.25. The Labute approximate surface area is 177 Å². The van der Waals surface area contributed by atoms with E-state index < -0.39 is 60.8 Å². The lowest BCUT2D eigenvalue weighted by atomic mass is 10.1. The van der Waals surface area contributed by atoms with Crippen LogP contribution < -0.4 is 21.7 Å². The lowest BCUT2D eigenvalue weighted by Crippen LogP contribution is -2.53. The molecule has 0 saturated carbocycles. The van der Waals surface area contributed by atoms with E-state index in [1.165, 1.54) is 11.8 Å². The van der Waals surface area contributed by atoms with E-state index in [0.717, 1.165) is 0 Å². The van der Waals surface area contributed by atoms with Crippen molar-refractivity contribution in [1.29, 1.82) is 0 Å². The molecule has 0 radical (unpaired) electrons. The van der Waals surface area contributed by atoms with Gasteiger partial charge in [0.25, 0.3) is 0 Å². The second-order valence-electron chi connectivity index (χ2n) is 6.00. The molecule has 0 heterocycles. The van der Waals surface area contributed by atoms with Gasteiger partial charge >= 0.3 is 11.9 Å². The zero-order valence-electron chi connectivity index (χ0n) is 16.3. The third-order valence-corrected chi connectivity index (χ3v) is 4.94. The number of carbonyl (C=O) groups excluding carboxylic acids is 3. The van der Waals surface area contributed by atoms with Gasteiger partial charge in [-0.25, -0.2) is 4.79 Å². The normalized spacial score (nSPS) is 13.6. The summed E-state index contributed by atoms with van der Waals surface area (Å²) < 4.78 is 0. The topological polar surface area (TPSA) is 188 Å². The summed E-state index contributed by atoms with van der Waals surface area (Å²) in [6, 6.07) is -3.28. The molecule has 3 amide bonds. The Morgan fingerprint density at radius 2 is 1.48 bits per heavy atom. The second-order valence-corrected chi connectivity index (χ2v) is 7.98. The molecule has 3 atom stereocenters. The molecule has 0 aliphatic heterocycles. The van der Waals surface area contributed by atoms with Gasteiger partial charge in [-0.15, -0.1) is 0 Å². The summed E-state index contributed by atoms with van der Waals surface area (Å²) in [6.07, 6.45) is 3.69. The lowest BCUT2D eigenvalue weighted by molar-refractivity contribution is -0.147. The summed E-state index contributed by atoms with van der Waals surface area (Å²) in [7, 11) is 0. The van der Waals surface area contributed by atoms with E-state index in [2.05, 4.69) is 10.6 Å². The zero-order chi connectivity index (χ0) is 22.4. The van der Waals surface area contributed by atoms with Crippen molar-refractivity contribution in [2.75, 3.05) is 30.6 Å². The lowest BCUT2D eigenvalue weighted by Gasteiger charge is -2.20. The van der Waals surface area contributed by atoms with Crippen LogP contribution >= 0.6 is 23.5 Å². The molecule has 0 aromatic carbocycles. The molecule has 0 aliphatic rings. The number of aliphatic carboxylic acids is 2. The van der Waals surface area contributed by atoms with Crippen molar-refractivity contribution < 1.29 is 34.2 Å². The first-order valence-electron chi connectivity index (χ1n) is 8.67. The van der Waals surface area contributed by atoms with Gasteiger partial charge < -0.3 is 31.9 Å². The molecule has 0 bridgehead atoms. The fourth-order valence-corrected chi connectivity index (χ4v) is 3.03. The predicted octanol–water partition coefficient (Wildman–Crippen LogP) is -1.53. The van der Waals surface area contributed by atoms with Crippen molar-refractivity contribution in [3.05, 3.63) is 0 Å². The van der Waals surface area contributed by atoms with Gasteiger partial charge in [-0.2, -0.15) is 23.5 Å². The minimum atomic E-state index is -1.61. The van der Waals surface area contributed by atoms with Crippen molar-refractivity contribution in [3.8, 4) is 0 Å². The average molecular weight is 453 g/mol. The van der Waals surface area contributed by atoms with E-state index in [4.69, 9.17) is 15.9 Å². The maximum Gasteiger partial charge on any atom is 0.326 e. The van der Waals surface area contributed by atoms with E-state index >= 15 is 0 Å². The molecule has 0 spiro atoms. The van der Waals surface area contributed by atoms with Gasteiger partial charge in [0.2, 0.25) is 17.7 Å². The minimum Gasteiger partial charge on any atom is -0.481 e. The number of nitrogens with one attached hydrogen (secondary N) is 3. The molecule has 166 valence electrons. The van der Waals surface area contributed by atoms with Crippen LogP contribution in [0.5, 0.6) is 0 Å². The van der Waals surface area contributed by atoms with Gasteiger partial charge in [-0.1, -0.05) is 0 Å². The Balaban J connectivity index is 4.76.